The molecule has 3 aromatic carbocycles. The number of hydrogen-bond acceptors (Lipinski definition) is 1. The Morgan fingerprint density at radius 3 is 2.24 bits per heavy atom. The van der Waals surface area contributed by atoms with Crippen LogP contribution in [0.2, 0.25) is 0 Å². The average Bonchev–Trinajstić information content (AvgIpc) is 2.70. The molecular weight excluding hydrogens is 302 g/mol. The van der Waals surface area contributed by atoms with Crippen molar-refractivity contribution in [2.45, 2.75) is 20.8 Å². The molecule has 0 atom stereocenters. The van der Waals surface area contributed by atoms with E-state index in [1.807, 2.05) is 25.1 Å². The van der Waals surface area contributed by atoms with Gasteiger partial charge in [0.15, 0.2) is 0 Å². The van der Waals surface area contributed by atoms with Gasteiger partial charge in [-0.05, 0) is 73.2 Å². The first-order valence-electron chi connectivity index (χ1n) is 10.7. The lowest BCUT2D eigenvalue weighted by Gasteiger charge is -2.12. The summed E-state index contributed by atoms with van der Waals surface area (Å²) in [5.41, 5.74) is 5.93. The molecule has 0 N–H and O–H groups in total. The summed E-state index contributed by atoms with van der Waals surface area (Å²) in [7, 11) is 0. The molecule has 0 fully saturated rings. The fraction of sp³-hybridized carbons (Fsp3) is 0.125. The summed E-state index contributed by atoms with van der Waals surface area (Å²) in [6, 6.07) is 10.7. The van der Waals surface area contributed by atoms with Crippen LogP contribution in [0, 0.1) is 20.8 Å². The van der Waals surface area contributed by atoms with E-state index in [9.17, 15) is 0 Å². The first-order chi connectivity index (χ1) is 14.2. The van der Waals surface area contributed by atoms with Crippen molar-refractivity contribution in [2.24, 2.45) is 0 Å². The zero-order chi connectivity index (χ0) is 21.7. The second-order valence-electron chi connectivity index (χ2n) is 6.42. The van der Waals surface area contributed by atoms with Crippen molar-refractivity contribution < 1.29 is 6.85 Å². The van der Waals surface area contributed by atoms with E-state index < -0.39 is 0 Å². The minimum atomic E-state index is -0.381. The van der Waals surface area contributed by atoms with Crippen LogP contribution < -0.4 is 0 Å². The number of aromatic nitrogens is 1. The van der Waals surface area contributed by atoms with Crippen LogP contribution in [0.3, 0.4) is 0 Å². The topological polar surface area (TPSA) is 12.9 Å². The Labute approximate surface area is 156 Å². The molecule has 25 heavy (non-hydrogen) atoms. The van der Waals surface area contributed by atoms with Crippen LogP contribution in [0.25, 0.3) is 33.2 Å². The lowest BCUT2D eigenvalue weighted by molar-refractivity contribution is 1.32. The highest BCUT2D eigenvalue weighted by Crippen LogP contribution is 2.33. The number of benzene rings is 3. The van der Waals surface area contributed by atoms with Gasteiger partial charge in [-0.15, -0.1) is 0 Å². The van der Waals surface area contributed by atoms with Gasteiger partial charge in [0.05, 0.1) is 12.5 Å². The van der Waals surface area contributed by atoms with Crippen LogP contribution >= 0.6 is 0 Å². The van der Waals surface area contributed by atoms with Crippen molar-refractivity contribution in [1.29, 1.82) is 0 Å². The van der Waals surface area contributed by atoms with E-state index in [4.69, 9.17) is 6.85 Å². The van der Waals surface area contributed by atoms with Gasteiger partial charge in [0.2, 0.25) is 0 Å². The van der Waals surface area contributed by atoms with Crippen molar-refractivity contribution >= 4 is 10.8 Å². The van der Waals surface area contributed by atoms with E-state index in [-0.39, 0.29) is 35.8 Å². The molecule has 0 aliphatic rings. The molecule has 0 saturated heterocycles. The van der Waals surface area contributed by atoms with Crippen LogP contribution in [0.1, 0.15) is 23.5 Å². The smallest absolute Gasteiger partial charge is 0.0780 e. The summed E-state index contributed by atoms with van der Waals surface area (Å²) in [4.78, 5) is 4.62. The van der Waals surface area contributed by atoms with E-state index in [2.05, 4.69) is 37.0 Å². The third-order valence-electron chi connectivity index (χ3n) is 4.37. The molecule has 122 valence electrons. The molecule has 0 aliphatic carbocycles. The molecule has 0 aliphatic heterocycles. The molecule has 0 amide bonds. The van der Waals surface area contributed by atoms with Gasteiger partial charge in [-0.1, -0.05) is 47.4 Å². The zero-order valence-electron chi connectivity index (χ0n) is 19.5. The van der Waals surface area contributed by atoms with Crippen LogP contribution in [-0.4, -0.2) is 4.98 Å². The summed E-state index contributed by atoms with van der Waals surface area (Å²) < 4.78 is 40.4. The highest BCUT2D eigenvalue weighted by atomic mass is 14.7. The van der Waals surface area contributed by atoms with Crippen molar-refractivity contribution in [1.82, 2.24) is 4.98 Å². The molecule has 0 unspecified atom stereocenters. The first kappa shape index (κ1) is 10.8. The van der Waals surface area contributed by atoms with Crippen LogP contribution in [0.4, 0.5) is 0 Å². The van der Waals surface area contributed by atoms with Crippen molar-refractivity contribution in [3.63, 3.8) is 0 Å². The fourth-order valence-corrected chi connectivity index (χ4v) is 3.32. The molecule has 4 aromatic rings. The van der Waals surface area contributed by atoms with Gasteiger partial charge in [-0.2, -0.15) is 0 Å². The third-order valence-corrected chi connectivity index (χ3v) is 4.37. The van der Waals surface area contributed by atoms with E-state index in [1.54, 1.807) is 6.20 Å². The number of pyridine rings is 1. The van der Waals surface area contributed by atoms with E-state index in [0.717, 1.165) is 38.7 Å². The van der Waals surface area contributed by atoms with Crippen molar-refractivity contribution in [2.75, 3.05) is 0 Å². The fourth-order valence-electron chi connectivity index (χ4n) is 3.32. The van der Waals surface area contributed by atoms with E-state index in [0.29, 0.717) is 5.56 Å². The van der Waals surface area contributed by atoms with Crippen molar-refractivity contribution in [3.05, 3.63) is 89.5 Å². The highest BCUT2D eigenvalue weighted by molar-refractivity contribution is 5.97. The molecule has 1 aromatic heterocycles. The molecule has 0 bridgehead atoms. The van der Waals surface area contributed by atoms with Crippen LogP contribution in [0.15, 0.2) is 72.8 Å². The maximum Gasteiger partial charge on any atom is 0.0780 e. The Kier molecular flexibility index (Phi) is 2.68. The molecule has 0 spiro atoms. The Balaban J connectivity index is 2.01. The van der Waals surface area contributed by atoms with Crippen molar-refractivity contribution in [3.8, 4) is 22.4 Å². The largest absolute Gasteiger partial charge is 0.256 e. The second kappa shape index (κ2) is 6.18. The first-order valence-corrected chi connectivity index (χ1v) is 8.24. The lowest BCUT2D eigenvalue weighted by Crippen LogP contribution is -1.91. The number of nitrogens with zero attached hydrogens (tertiary/aromatic N) is 1. The molecule has 1 nitrogen and oxygen atoms in total. The molecule has 1 heteroatoms. The van der Waals surface area contributed by atoms with Gasteiger partial charge >= 0.3 is 0 Å². The van der Waals surface area contributed by atoms with Crippen LogP contribution in [0.5, 0.6) is 0 Å². The highest BCUT2D eigenvalue weighted by Gasteiger charge is 2.10. The van der Waals surface area contributed by atoms with Gasteiger partial charge in [0, 0.05) is 17.1 Å². The summed E-state index contributed by atoms with van der Waals surface area (Å²) in [6.45, 7) is 6.01. The maximum atomic E-state index is 8.32. The molecular formula is C24H21N. The summed E-state index contributed by atoms with van der Waals surface area (Å²) in [5.74, 6) is 0. The summed E-state index contributed by atoms with van der Waals surface area (Å²) >= 11 is 0. The number of fused-ring (bicyclic) bond motifs is 1. The number of rotatable bonds is 2. The molecule has 4 rings (SSSR count). The minimum absolute atomic E-state index is 0.188. The quantitative estimate of drug-likeness (QED) is 0.409. The predicted molar refractivity (Wildman–Crippen MR) is 107 cm³/mol. The predicted octanol–water partition coefficient (Wildman–Crippen LogP) is 6.49. The van der Waals surface area contributed by atoms with Gasteiger partial charge in [0.1, 0.15) is 0 Å². The lowest BCUT2D eigenvalue weighted by atomic mass is 9.94. The maximum absolute atomic E-state index is 8.32. The summed E-state index contributed by atoms with van der Waals surface area (Å²) in [6.07, 6.45) is 1.75. The van der Waals surface area contributed by atoms with E-state index >= 15 is 0 Å². The van der Waals surface area contributed by atoms with Gasteiger partial charge in [-0.25, -0.2) is 0 Å². The SMILES string of the molecule is [2H]c1c([2H])c([2H])c(-c2cc3ccnc(-c4cc(C)cc(C)c4)c3cc2C)c([2H])c1[2H]. The van der Waals surface area contributed by atoms with Gasteiger partial charge in [0.25, 0.3) is 0 Å². The molecule has 0 radical (unpaired) electrons. The number of hydrogen-bond donors (Lipinski definition) is 0. The standard InChI is InChI=1S/C24H21N/c1-16-11-17(2)13-21(12-16)24-23-14-18(3)22(15-20(23)9-10-25-24)19-7-5-4-6-8-19/h4-15H,1-3H3/i4D,5D,6D,7D,8D. The average molecular weight is 328 g/mol. The Bertz CT molecular complexity index is 1280. The van der Waals surface area contributed by atoms with E-state index in [1.165, 1.54) is 0 Å². The number of aryl methyl sites for hydroxylation is 3. The molecule has 1 heterocycles. The molecule has 0 saturated carbocycles. The van der Waals surface area contributed by atoms with Gasteiger partial charge in [-0.3, -0.25) is 4.98 Å². The van der Waals surface area contributed by atoms with Crippen LogP contribution in [-0.2, 0) is 0 Å². The van der Waals surface area contributed by atoms with Gasteiger partial charge < -0.3 is 0 Å². The minimum Gasteiger partial charge on any atom is -0.256 e. The zero-order valence-corrected chi connectivity index (χ0v) is 14.5. The second-order valence-corrected chi connectivity index (χ2v) is 6.42. The Hall–Kier alpha value is -2.93. The Morgan fingerprint density at radius 1 is 0.800 bits per heavy atom. The monoisotopic (exact) mass is 328 g/mol. The Morgan fingerprint density at radius 2 is 1.52 bits per heavy atom. The summed E-state index contributed by atoms with van der Waals surface area (Å²) in [5, 5.41) is 1.88. The third kappa shape index (κ3) is 2.94. The normalized spacial score (nSPS) is 13.8.